The molecule has 3 aliphatic heterocycles. The fourth-order valence-corrected chi connectivity index (χ4v) is 7.42. The minimum atomic E-state index is -1.10. The summed E-state index contributed by atoms with van der Waals surface area (Å²) in [4.78, 5) is 22.0. The molecule has 1 aliphatic carbocycles. The first-order valence-corrected chi connectivity index (χ1v) is 13.7. The van der Waals surface area contributed by atoms with Gasteiger partial charge in [-0.25, -0.2) is 15.0 Å². The summed E-state index contributed by atoms with van der Waals surface area (Å²) in [6.07, 6.45) is 12.1. The molecular weight excluding hydrogens is 460 g/mol. The van der Waals surface area contributed by atoms with Gasteiger partial charge < -0.3 is 15.3 Å². The molecule has 6 rings (SSSR count). The van der Waals surface area contributed by atoms with E-state index >= 15 is 0 Å². The lowest BCUT2D eigenvalue weighted by Gasteiger charge is -2.42. The molecule has 10 heteroatoms. The molecule has 2 saturated heterocycles. The van der Waals surface area contributed by atoms with Crippen molar-refractivity contribution < 1.29 is 9.32 Å². The molecule has 8 nitrogen and oxygen atoms in total. The summed E-state index contributed by atoms with van der Waals surface area (Å²) in [6, 6.07) is 0.673. The van der Waals surface area contributed by atoms with Crippen LogP contribution in [0.3, 0.4) is 0 Å². The van der Waals surface area contributed by atoms with Gasteiger partial charge in [-0.15, -0.1) is 0 Å². The first kappa shape index (κ1) is 21.7. The smallest absolute Gasteiger partial charge is 0.228 e. The number of halogens is 1. The average molecular weight is 489 g/mol. The highest BCUT2D eigenvalue weighted by atomic mass is 35.5. The number of nitrogens with one attached hydrogen (secondary N) is 1. The van der Waals surface area contributed by atoms with E-state index in [1.807, 2.05) is 0 Å². The molecule has 4 aliphatic rings. The summed E-state index contributed by atoms with van der Waals surface area (Å²) in [6.45, 7) is 0.0610. The molecular formula is C23H29ClN6O2S. The van der Waals surface area contributed by atoms with Crippen LogP contribution >= 0.6 is 11.6 Å². The van der Waals surface area contributed by atoms with Gasteiger partial charge in [-0.05, 0) is 57.8 Å². The number of piperidine rings is 1. The molecule has 176 valence electrons. The van der Waals surface area contributed by atoms with E-state index in [4.69, 9.17) is 21.6 Å². The molecule has 0 spiro atoms. The van der Waals surface area contributed by atoms with Crippen LogP contribution in [0.1, 0.15) is 68.8 Å². The number of aliphatic hydroxyl groups is 1. The molecule has 0 radical (unpaired) electrons. The van der Waals surface area contributed by atoms with Gasteiger partial charge in [0.05, 0.1) is 33.7 Å². The van der Waals surface area contributed by atoms with Gasteiger partial charge in [0, 0.05) is 36.1 Å². The highest BCUT2D eigenvalue weighted by Gasteiger charge is 2.44. The van der Waals surface area contributed by atoms with Crippen molar-refractivity contribution >= 4 is 34.2 Å². The van der Waals surface area contributed by atoms with Gasteiger partial charge >= 0.3 is 0 Å². The van der Waals surface area contributed by atoms with Crippen molar-refractivity contribution in [1.82, 2.24) is 19.9 Å². The van der Waals surface area contributed by atoms with Gasteiger partial charge in [-0.2, -0.15) is 4.98 Å². The van der Waals surface area contributed by atoms with Crippen LogP contribution in [0.4, 0.5) is 11.8 Å². The maximum atomic E-state index is 12.9. The van der Waals surface area contributed by atoms with Crippen molar-refractivity contribution in [3.63, 3.8) is 0 Å². The molecule has 3 fully saturated rings. The topological polar surface area (TPSA) is 104 Å². The number of anilines is 2. The van der Waals surface area contributed by atoms with Crippen LogP contribution in [0.5, 0.6) is 0 Å². The average Bonchev–Trinajstić information content (AvgIpc) is 3.06. The summed E-state index contributed by atoms with van der Waals surface area (Å²) in [7, 11) is -1.10. The summed E-state index contributed by atoms with van der Waals surface area (Å²) in [5.41, 5.74) is 0.556. The summed E-state index contributed by atoms with van der Waals surface area (Å²) in [5, 5.41) is 14.1. The predicted octanol–water partition coefficient (Wildman–Crippen LogP) is 3.22. The zero-order chi connectivity index (χ0) is 22.6. The number of aromatic nitrogens is 4. The van der Waals surface area contributed by atoms with Crippen molar-refractivity contribution in [3.05, 3.63) is 28.9 Å². The van der Waals surface area contributed by atoms with Crippen LogP contribution < -0.4 is 10.2 Å². The van der Waals surface area contributed by atoms with Crippen LogP contribution in [0.25, 0.3) is 0 Å². The Labute approximate surface area is 201 Å². The van der Waals surface area contributed by atoms with Crippen LogP contribution in [0.15, 0.2) is 17.3 Å². The van der Waals surface area contributed by atoms with E-state index in [0.29, 0.717) is 34.6 Å². The molecule has 0 amide bonds. The summed E-state index contributed by atoms with van der Waals surface area (Å²) in [5.74, 6) is 3.24. The van der Waals surface area contributed by atoms with E-state index < -0.39 is 10.8 Å². The maximum absolute atomic E-state index is 12.9. The third-order valence-corrected chi connectivity index (χ3v) is 9.60. The van der Waals surface area contributed by atoms with Crippen LogP contribution in [-0.2, 0) is 17.2 Å². The van der Waals surface area contributed by atoms with Crippen molar-refractivity contribution in [1.29, 1.82) is 0 Å². The first-order valence-electron chi connectivity index (χ1n) is 12.0. The highest BCUT2D eigenvalue weighted by Crippen LogP contribution is 2.45. The zero-order valence-corrected chi connectivity index (χ0v) is 20.1. The predicted molar refractivity (Wildman–Crippen MR) is 127 cm³/mol. The van der Waals surface area contributed by atoms with Gasteiger partial charge in [-0.3, -0.25) is 4.21 Å². The van der Waals surface area contributed by atoms with E-state index in [9.17, 15) is 9.32 Å². The van der Waals surface area contributed by atoms with Crippen molar-refractivity contribution in [3.8, 4) is 0 Å². The van der Waals surface area contributed by atoms with Crippen molar-refractivity contribution in [2.45, 2.75) is 86.2 Å². The van der Waals surface area contributed by atoms with E-state index in [-0.39, 0.29) is 12.1 Å². The monoisotopic (exact) mass is 488 g/mol. The largest absolute Gasteiger partial charge is 0.394 e. The van der Waals surface area contributed by atoms with E-state index in [1.165, 1.54) is 0 Å². The van der Waals surface area contributed by atoms with Crippen LogP contribution in [0, 0.1) is 0 Å². The first-order chi connectivity index (χ1) is 16.0. The molecule has 5 heterocycles. The number of hydrogen-bond acceptors (Lipinski definition) is 8. The number of nitrogens with zero attached hydrogens (tertiary/aromatic N) is 5. The van der Waals surface area contributed by atoms with Gasteiger partial charge in [0.2, 0.25) is 5.95 Å². The molecule has 3 unspecified atom stereocenters. The summed E-state index contributed by atoms with van der Waals surface area (Å²) < 4.78 is 12.9. The van der Waals surface area contributed by atoms with Gasteiger partial charge in [0.25, 0.3) is 0 Å². The Balaban J connectivity index is 1.33. The summed E-state index contributed by atoms with van der Waals surface area (Å²) >= 11 is 5.98. The van der Waals surface area contributed by atoms with E-state index in [0.717, 1.165) is 80.1 Å². The second kappa shape index (κ2) is 8.43. The lowest BCUT2D eigenvalue weighted by molar-refractivity contribution is 0.143. The van der Waals surface area contributed by atoms with Crippen LogP contribution in [0.2, 0.25) is 5.02 Å². The molecule has 2 aromatic rings. The number of aryl methyl sites for hydroxylation is 1. The fourth-order valence-electron chi connectivity index (χ4n) is 5.99. The Morgan fingerprint density at radius 2 is 1.88 bits per heavy atom. The molecule has 2 N–H and O–H groups in total. The Morgan fingerprint density at radius 1 is 1.15 bits per heavy atom. The standard InChI is InChI=1S/C23H29ClN6O2S/c24-15-11-25-20(26-12-15)14-9-16-4-5-17(10-14)30(16)22-27-18-3-1-8-33(32)19(18)21(28-22)29-23(13-31)6-2-7-23/h11-12,14,16-17,31H,1-10,13H2,(H,27,28,29). The van der Waals surface area contributed by atoms with Gasteiger partial charge in [-0.1, -0.05) is 11.6 Å². The molecule has 0 aromatic carbocycles. The normalized spacial score (nSPS) is 29.9. The Bertz CT molecular complexity index is 1060. The molecule has 1 saturated carbocycles. The minimum Gasteiger partial charge on any atom is -0.394 e. The van der Waals surface area contributed by atoms with Crippen molar-refractivity contribution in [2.75, 3.05) is 22.6 Å². The highest BCUT2D eigenvalue weighted by molar-refractivity contribution is 7.85. The fraction of sp³-hybridized carbons (Fsp3) is 0.652. The molecule has 2 bridgehead atoms. The second-order valence-corrected chi connectivity index (χ2v) is 11.9. The third-order valence-electron chi connectivity index (χ3n) is 7.86. The Morgan fingerprint density at radius 3 is 2.52 bits per heavy atom. The van der Waals surface area contributed by atoms with Crippen LogP contribution in [-0.4, -0.2) is 59.2 Å². The number of fused-ring (bicyclic) bond motifs is 3. The lowest BCUT2D eigenvalue weighted by atomic mass is 9.77. The second-order valence-electron chi connectivity index (χ2n) is 9.94. The quantitative estimate of drug-likeness (QED) is 0.661. The molecule has 2 aromatic heterocycles. The Kier molecular flexibility index (Phi) is 5.54. The maximum Gasteiger partial charge on any atom is 0.228 e. The van der Waals surface area contributed by atoms with E-state index in [2.05, 4.69) is 20.2 Å². The zero-order valence-electron chi connectivity index (χ0n) is 18.5. The van der Waals surface area contributed by atoms with Crippen molar-refractivity contribution in [2.24, 2.45) is 0 Å². The molecule has 33 heavy (non-hydrogen) atoms. The number of hydrogen-bond donors (Lipinski definition) is 2. The minimum absolute atomic E-state index is 0.0610. The third kappa shape index (κ3) is 3.82. The van der Waals surface area contributed by atoms with E-state index in [1.54, 1.807) is 12.4 Å². The molecule has 3 atom stereocenters. The number of aliphatic hydroxyl groups excluding tert-OH is 1. The Hall–Kier alpha value is -1.84. The lowest BCUT2D eigenvalue weighted by Crippen LogP contribution is -2.49. The SMILES string of the molecule is O=S1CCCc2nc(N3C4CCC3CC(c3ncc(Cl)cn3)C4)nc(NC3(CO)CCC3)c21. The number of rotatable bonds is 5. The van der Waals surface area contributed by atoms with Gasteiger partial charge in [0.1, 0.15) is 16.5 Å². The van der Waals surface area contributed by atoms with Gasteiger partial charge in [0.15, 0.2) is 0 Å².